The minimum atomic E-state index is -0.579. The first-order valence-corrected chi connectivity index (χ1v) is 6.55. The summed E-state index contributed by atoms with van der Waals surface area (Å²) >= 11 is 1.84. The van der Waals surface area contributed by atoms with Crippen molar-refractivity contribution in [2.24, 2.45) is 5.73 Å². The van der Waals surface area contributed by atoms with Crippen LogP contribution in [0.25, 0.3) is 0 Å². The van der Waals surface area contributed by atoms with E-state index in [1.54, 1.807) is 0 Å². The van der Waals surface area contributed by atoms with Crippen LogP contribution in [0.15, 0.2) is 23.1 Å². The third kappa shape index (κ3) is 2.70. The van der Waals surface area contributed by atoms with Gasteiger partial charge in [-0.1, -0.05) is 12.1 Å². The zero-order valence-corrected chi connectivity index (χ0v) is 10.0. The van der Waals surface area contributed by atoms with Crippen LogP contribution in [0.4, 0.5) is 0 Å². The lowest BCUT2D eigenvalue weighted by Crippen LogP contribution is -2.26. The van der Waals surface area contributed by atoms with Gasteiger partial charge in [-0.15, -0.1) is 11.8 Å². The Kier molecular flexibility index (Phi) is 4.09. The molecule has 16 heavy (non-hydrogen) atoms. The van der Waals surface area contributed by atoms with Gasteiger partial charge in [0.05, 0.1) is 4.90 Å². The highest BCUT2D eigenvalue weighted by atomic mass is 32.2. The molecule has 0 aromatic heterocycles. The average molecular weight is 239 g/mol. The van der Waals surface area contributed by atoms with Crippen molar-refractivity contribution in [3.05, 3.63) is 23.8 Å². The normalized spacial score (nSPS) is 16.6. The van der Waals surface area contributed by atoms with Gasteiger partial charge in [0.1, 0.15) is 18.5 Å². The van der Waals surface area contributed by atoms with Crippen molar-refractivity contribution in [1.82, 2.24) is 0 Å². The summed E-state index contributed by atoms with van der Waals surface area (Å²) < 4.78 is 5.61. The average Bonchev–Trinajstić information content (AvgIpc) is 2.35. The largest absolute Gasteiger partial charge is 0.490 e. The van der Waals surface area contributed by atoms with Gasteiger partial charge in [0.15, 0.2) is 0 Å². The van der Waals surface area contributed by atoms with E-state index in [1.165, 1.54) is 16.9 Å². The number of aliphatic hydroxyl groups is 1. The van der Waals surface area contributed by atoms with Gasteiger partial charge in [-0.05, 0) is 30.2 Å². The summed E-state index contributed by atoms with van der Waals surface area (Å²) in [4.78, 5) is 1.23. The van der Waals surface area contributed by atoms with E-state index < -0.39 is 6.10 Å². The van der Waals surface area contributed by atoms with E-state index in [0.717, 1.165) is 17.9 Å². The molecule has 0 spiro atoms. The van der Waals surface area contributed by atoms with Gasteiger partial charge >= 0.3 is 0 Å². The number of aliphatic hydroxyl groups excluding tert-OH is 1. The Labute approximate surface area is 100.0 Å². The number of thioether (sulfide) groups is 1. The third-order valence-electron chi connectivity index (χ3n) is 2.60. The van der Waals surface area contributed by atoms with E-state index in [0.29, 0.717) is 0 Å². The highest BCUT2D eigenvalue weighted by molar-refractivity contribution is 7.99. The lowest BCUT2D eigenvalue weighted by molar-refractivity contribution is 0.112. The molecule has 1 aliphatic rings. The zero-order valence-electron chi connectivity index (χ0n) is 9.19. The molecule has 1 atom stereocenters. The molecule has 0 bridgehead atoms. The van der Waals surface area contributed by atoms with Crippen LogP contribution >= 0.6 is 11.8 Å². The maximum atomic E-state index is 9.37. The highest BCUT2D eigenvalue weighted by Gasteiger charge is 2.15. The number of ether oxygens (including phenoxy) is 1. The predicted octanol–water partition coefficient (Wildman–Crippen LogP) is 1.42. The van der Waals surface area contributed by atoms with Crippen LogP contribution in [0.2, 0.25) is 0 Å². The first kappa shape index (κ1) is 11.8. The Hall–Kier alpha value is -0.710. The fourth-order valence-electron chi connectivity index (χ4n) is 1.73. The molecule has 3 N–H and O–H groups in total. The molecule has 1 aromatic rings. The van der Waals surface area contributed by atoms with Crippen molar-refractivity contribution in [2.75, 3.05) is 18.9 Å². The lowest BCUT2D eigenvalue weighted by atomic mass is 10.1. The molecule has 4 heteroatoms. The summed E-state index contributed by atoms with van der Waals surface area (Å²) in [5.41, 5.74) is 6.70. The molecule has 1 heterocycles. The minimum Gasteiger partial charge on any atom is -0.490 e. The number of rotatable bonds is 4. The van der Waals surface area contributed by atoms with Crippen molar-refractivity contribution in [1.29, 1.82) is 0 Å². The molecule has 0 amide bonds. The zero-order chi connectivity index (χ0) is 11.4. The first-order chi connectivity index (χ1) is 7.81. The number of nitrogens with two attached hydrogens (primary N) is 1. The number of hydrogen-bond acceptors (Lipinski definition) is 4. The molecule has 0 saturated carbocycles. The standard InChI is InChI=1S/C12H17NO2S/c13-7-10(14)8-15-11-5-1-3-9-4-2-6-16-12(9)11/h1,3,5,10,14H,2,4,6-8,13H2. The molecular formula is C12H17NO2S. The van der Waals surface area contributed by atoms with Crippen LogP contribution in [0.3, 0.4) is 0 Å². The second kappa shape index (κ2) is 5.57. The van der Waals surface area contributed by atoms with Gasteiger partial charge in [0, 0.05) is 6.54 Å². The molecule has 88 valence electrons. The molecule has 3 nitrogen and oxygen atoms in total. The lowest BCUT2D eigenvalue weighted by Gasteiger charge is -2.19. The molecule has 0 fully saturated rings. The molecule has 0 saturated heterocycles. The topological polar surface area (TPSA) is 55.5 Å². The van der Waals surface area contributed by atoms with Crippen molar-refractivity contribution in [3.8, 4) is 5.75 Å². The fraction of sp³-hybridized carbons (Fsp3) is 0.500. The second-order valence-electron chi connectivity index (χ2n) is 3.90. The van der Waals surface area contributed by atoms with Gasteiger partial charge in [0.2, 0.25) is 0 Å². The SMILES string of the molecule is NCC(O)COc1cccc2c1SCCC2. The quantitative estimate of drug-likeness (QED) is 0.834. The van der Waals surface area contributed by atoms with Crippen LogP contribution < -0.4 is 10.5 Å². The second-order valence-corrected chi connectivity index (χ2v) is 5.00. The Morgan fingerprint density at radius 2 is 2.38 bits per heavy atom. The monoisotopic (exact) mass is 239 g/mol. The number of benzene rings is 1. The summed E-state index contributed by atoms with van der Waals surface area (Å²) in [6, 6.07) is 6.11. The molecule has 1 aromatic carbocycles. The minimum absolute atomic E-state index is 0.238. The Balaban J connectivity index is 2.08. The molecule has 1 unspecified atom stereocenters. The van der Waals surface area contributed by atoms with Crippen LogP contribution in [-0.2, 0) is 6.42 Å². The van der Waals surface area contributed by atoms with Gasteiger partial charge in [-0.3, -0.25) is 0 Å². The summed E-state index contributed by atoms with van der Waals surface area (Å²) in [6.07, 6.45) is 1.77. The smallest absolute Gasteiger partial charge is 0.133 e. The van der Waals surface area contributed by atoms with Crippen LogP contribution in [-0.4, -0.2) is 30.1 Å². The van der Waals surface area contributed by atoms with Gasteiger partial charge < -0.3 is 15.6 Å². The van der Waals surface area contributed by atoms with Gasteiger partial charge in [0.25, 0.3) is 0 Å². The van der Waals surface area contributed by atoms with Crippen molar-refractivity contribution < 1.29 is 9.84 Å². The maximum absolute atomic E-state index is 9.37. The summed E-state index contributed by atoms with van der Waals surface area (Å²) in [7, 11) is 0. The van der Waals surface area contributed by atoms with Crippen molar-refractivity contribution >= 4 is 11.8 Å². The Bertz CT molecular complexity index is 357. The predicted molar refractivity (Wildman–Crippen MR) is 66.0 cm³/mol. The van der Waals surface area contributed by atoms with E-state index in [9.17, 15) is 5.11 Å². The fourth-order valence-corrected chi connectivity index (χ4v) is 2.84. The highest BCUT2D eigenvalue weighted by Crippen LogP contribution is 2.37. The molecule has 2 rings (SSSR count). The summed E-state index contributed by atoms with van der Waals surface area (Å²) in [5, 5.41) is 9.37. The summed E-state index contributed by atoms with van der Waals surface area (Å²) in [6.45, 7) is 0.510. The van der Waals surface area contributed by atoms with Crippen LogP contribution in [0.5, 0.6) is 5.75 Å². The van der Waals surface area contributed by atoms with Crippen molar-refractivity contribution in [3.63, 3.8) is 0 Å². The van der Waals surface area contributed by atoms with Gasteiger partial charge in [-0.2, -0.15) is 0 Å². The summed E-state index contributed by atoms with van der Waals surface area (Å²) in [5.74, 6) is 2.03. The Morgan fingerprint density at radius 3 is 3.19 bits per heavy atom. The first-order valence-electron chi connectivity index (χ1n) is 5.57. The van der Waals surface area contributed by atoms with E-state index in [1.807, 2.05) is 23.9 Å². The molecule has 0 radical (unpaired) electrons. The third-order valence-corrected chi connectivity index (χ3v) is 3.85. The van der Waals surface area contributed by atoms with Crippen molar-refractivity contribution in [2.45, 2.75) is 23.8 Å². The number of fused-ring (bicyclic) bond motifs is 1. The van der Waals surface area contributed by atoms with E-state index in [-0.39, 0.29) is 13.2 Å². The van der Waals surface area contributed by atoms with Crippen LogP contribution in [0, 0.1) is 0 Å². The van der Waals surface area contributed by atoms with E-state index in [2.05, 4.69) is 6.07 Å². The number of aryl methyl sites for hydroxylation is 1. The molecule has 1 aliphatic heterocycles. The number of hydrogen-bond donors (Lipinski definition) is 2. The van der Waals surface area contributed by atoms with Crippen LogP contribution in [0.1, 0.15) is 12.0 Å². The maximum Gasteiger partial charge on any atom is 0.133 e. The van der Waals surface area contributed by atoms with E-state index >= 15 is 0 Å². The van der Waals surface area contributed by atoms with E-state index in [4.69, 9.17) is 10.5 Å². The Morgan fingerprint density at radius 1 is 1.50 bits per heavy atom. The van der Waals surface area contributed by atoms with Gasteiger partial charge in [-0.25, -0.2) is 0 Å². The molecular weight excluding hydrogens is 222 g/mol. The molecule has 0 aliphatic carbocycles.